The van der Waals surface area contributed by atoms with Crippen molar-refractivity contribution in [3.05, 3.63) is 23.8 Å². The maximum atomic E-state index is 10.1. The second-order valence-electron chi connectivity index (χ2n) is 5.65. The molecule has 7 N–H and O–H groups in total. The first-order chi connectivity index (χ1) is 12.5. The van der Waals surface area contributed by atoms with Gasteiger partial charge >= 0.3 is 0 Å². The molecule has 1 saturated heterocycles. The maximum absolute atomic E-state index is 10.1. The summed E-state index contributed by atoms with van der Waals surface area (Å²) in [6.45, 7) is -0.697. The Labute approximate surface area is 156 Å². The van der Waals surface area contributed by atoms with Gasteiger partial charge < -0.3 is 50.0 Å². The van der Waals surface area contributed by atoms with Gasteiger partial charge in [-0.2, -0.15) is 0 Å². The minimum Gasteiger partial charge on any atom is -0.493 e. The van der Waals surface area contributed by atoms with Gasteiger partial charge in [0.1, 0.15) is 24.4 Å². The zero-order chi connectivity index (χ0) is 19.3. The van der Waals surface area contributed by atoms with Gasteiger partial charge in [-0.3, -0.25) is 0 Å². The molecule has 0 radical (unpaired) electrons. The van der Waals surface area contributed by atoms with Crippen molar-refractivity contribution < 1.29 is 50.0 Å². The van der Waals surface area contributed by atoms with Gasteiger partial charge in [0.25, 0.3) is 0 Å². The van der Waals surface area contributed by atoms with Crippen LogP contribution in [0.25, 0.3) is 6.08 Å². The Balaban J connectivity index is 0.00000364. The van der Waals surface area contributed by atoms with E-state index in [9.17, 15) is 20.4 Å². The van der Waals surface area contributed by atoms with E-state index in [1.807, 2.05) is 0 Å². The van der Waals surface area contributed by atoms with E-state index in [0.717, 1.165) is 0 Å². The van der Waals surface area contributed by atoms with Crippen LogP contribution in [-0.2, 0) is 4.74 Å². The molecule has 0 aromatic heterocycles. The third-order valence-electron chi connectivity index (χ3n) is 3.98. The first kappa shape index (κ1) is 23.1. The summed E-state index contributed by atoms with van der Waals surface area (Å²) in [6.07, 6.45) is -3.88. The summed E-state index contributed by atoms with van der Waals surface area (Å²) < 4.78 is 21.6. The molecular weight excluding hydrogens is 364 g/mol. The fourth-order valence-electron chi connectivity index (χ4n) is 2.58. The highest BCUT2D eigenvalue weighted by atomic mass is 16.7. The molecule has 1 aliphatic heterocycles. The highest BCUT2D eigenvalue weighted by molar-refractivity contribution is 5.62. The molecule has 10 nitrogen and oxygen atoms in total. The second kappa shape index (κ2) is 10.4. The lowest BCUT2D eigenvalue weighted by Crippen LogP contribution is -2.60. The summed E-state index contributed by atoms with van der Waals surface area (Å²) in [4.78, 5) is 0. The third kappa shape index (κ3) is 5.08. The summed E-state index contributed by atoms with van der Waals surface area (Å²) >= 11 is 0. The van der Waals surface area contributed by atoms with Gasteiger partial charge in [0, 0.05) is 0 Å². The van der Waals surface area contributed by atoms with E-state index < -0.39 is 37.3 Å². The average Bonchev–Trinajstić information content (AvgIpc) is 2.66. The predicted molar refractivity (Wildman–Crippen MR) is 93.7 cm³/mol. The van der Waals surface area contributed by atoms with Crippen molar-refractivity contribution in [3.63, 3.8) is 0 Å². The molecule has 10 heteroatoms. The molecule has 0 saturated carbocycles. The summed E-state index contributed by atoms with van der Waals surface area (Å²) in [5.41, 5.74) is 0.675. The molecular formula is C17H26O10. The van der Waals surface area contributed by atoms with Crippen molar-refractivity contribution in [3.8, 4) is 17.2 Å². The lowest BCUT2D eigenvalue weighted by Gasteiger charge is -2.39. The third-order valence-corrected chi connectivity index (χ3v) is 3.98. The topological polar surface area (TPSA) is 170 Å². The SMILES string of the molecule is COc1cc(/C=C/CO)cc(OC)c1OC1O[C@H](CO)[C@@H](O)[C@H](O)[C@H]1O.O. The summed E-state index contributed by atoms with van der Waals surface area (Å²) in [7, 11) is 2.82. The fraction of sp³-hybridized carbons (Fsp3) is 0.529. The molecule has 0 bridgehead atoms. The normalized spacial score (nSPS) is 27.9. The number of methoxy groups -OCH3 is 2. The lowest BCUT2D eigenvalue weighted by molar-refractivity contribution is -0.277. The predicted octanol–water partition coefficient (Wildman–Crippen LogP) is -1.94. The highest BCUT2D eigenvalue weighted by Gasteiger charge is 2.45. The largest absolute Gasteiger partial charge is 0.493 e. The molecule has 1 unspecified atom stereocenters. The van der Waals surface area contributed by atoms with Crippen LogP contribution >= 0.6 is 0 Å². The van der Waals surface area contributed by atoms with Crippen molar-refractivity contribution in [2.75, 3.05) is 27.4 Å². The molecule has 27 heavy (non-hydrogen) atoms. The Bertz CT molecular complexity index is 593. The van der Waals surface area contributed by atoms with E-state index in [-0.39, 0.29) is 29.3 Å². The van der Waals surface area contributed by atoms with Crippen LogP contribution in [0.3, 0.4) is 0 Å². The van der Waals surface area contributed by atoms with Crippen LogP contribution in [0, 0.1) is 0 Å². The molecule has 1 heterocycles. The van der Waals surface area contributed by atoms with Crippen molar-refractivity contribution in [2.24, 2.45) is 0 Å². The van der Waals surface area contributed by atoms with Gasteiger partial charge in [0.05, 0.1) is 27.4 Å². The Morgan fingerprint density at radius 2 is 1.59 bits per heavy atom. The standard InChI is InChI=1S/C17H24O9.H2O/c1-23-10-6-9(4-3-5-18)7-11(24-2)16(10)26-17-15(22)14(21)13(20)12(8-19)25-17;/h3-4,6-7,12-15,17-22H,5,8H2,1-2H3;1H2/b4-3+;/t12-,13-,14+,15-,17?;/m1./s1. The Hall–Kier alpha value is -1.92. The number of hydrogen-bond acceptors (Lipinski definition) is 9. The quantitative estimate of drug-likeness (QED) is 0.355. The lowest BCUT2D eigenvalue weighted by atomic mass is 9.99. The number of aliphatic hydroxyl groups excluding tert-OH is 5. The van der Waals surface area contributed by atoms with E-state index in [0.29, 0.717) is 5.56 Å². The van der Waals surface area contributed by atoms with E-state index in [1.54, 1.807) is 18.2 Å². The smallest absolute Gasteiger partial charge is 0.229 e. The fourth-order valence-corrected chi connectivity index (χ4v) is 2.58. The number of aliphatic hydroxyl groups is 5. The molecule has 1 aliphatic rings. The average molecular weight is 390 g/mol. The van der Waals surface area contributed by atoms with Crippen LogP contribution < -0.4 is 14.2 Å². The maximum Gasteiger partial charge on any atom is 0.229 e. The molecule has 0 aliphatic carbocycles. The number of hydrogen-bond donors (Lipinski definition) is 5. The van der Waals surface area contributed by atoms with Gasteiger partial charge in [0.15, 0.2) is 11.5 Å². The van der Waals surface area contributed by atoms with Crippen molar-refractivity contribution >= 4 is 6.08 Å². The zero-order valence-corrected chi connectivity index (χ0v) is 15.0. The first-order valence-electron chi connectivity index (χ1n) is 7.97. The van der Waals surface area contributed by atoms with Crippen LogP contribution in [0.2, 0.25) is 0 Å². The van der Waals surface area contributed by atoms with Crippen LogP contribution in [0.5, 0.6) is 17.2 Å². The Kier molecular flexibility index (Phi) is 8.93. The molecule has 154 valence electrons. The molecule has 0 spiro atoms. The minimum absolute atomic E-state index is 0. The van der Waals surface area contributed by atoms with Crippen LogP contribution in [0.1, 0.15) is 5.56 Å². The zero-order valence-electron chi connectivity index (χ0n) is 15.0. The van der Waals surface area contributed by atoms with Crippen LogP contribution in [0.15, 0.2) is 18.2 Å². The summed E-state index contributed by atoms with van der Waals surface area (Å²) in [5.74, 6) is 0.637. The number of ether oxygens (including phenoxy) is 4. The second-order valence-corrected chi connectivity index (χ2v) is 5.65. The molecule has 5 atom stereocenters. The van der Waals surface area contributed by atoms with E-state index in [2.05, 4.69) is 0 Å². The van der Waals surface area contributed by atoms with Crippen molar-refractivity contribution in [1.29, 1.82) is 0 Å². The minimum atomic E-state index is -1.56. The van der Waals surface area contributed by atoms with Gasteiger partial charge in [-0.15, -0.1) is 0 Å². The molecule has 1 aromatic rings. The van der Waals surface area contributed by atoms with Gasteiger partial charge in [-0.25, -0.2) is 0 Å². The summed E-state index contributed by atoms with van der Waals surface area (Å²) in [5, 5.41) is 48.0. The van der Waals surface area contributed by atoms with E-state index >= 15 is 0 Å². The molecule has 2 rings (SSSR count). The molecule has 0 amide bonds. The Morgan fingerprint density at radius 1 is 1.00 bits per heavy atom. The van der Waals surface area contributed by atoms with Crippen LogP contribution in [-0.4, -0.2) is 89.1 Å². The Morgan fingerprint density at radius 3 is 2.07 bits per heavy atom. The van der Waals surface area contributed by atoms with Crippen molar-refractivity contribution in [1.82, 2.24) is 0 Å². The highest BCUT2D eigenvalue weighted by Crippen LogP contribution is 2.40. The van der Waals surface area contributed by atoms with Gasteiger partial charge in [-0.1, -0.05) is 12.2 Å². The number of rotatable bonds is 7. The number of benzene rings is 1. The van der Waals surface area contributed by atoms with Crippen molar-refractivity contribution in [2.45, 2.75) is 30.7 Å². The first-order valence-corrected chi connectivity index (χ1v) is 7.97. The van der Waals surface area contributed by atoms with Gasteiger partial charge in [-0.05, 0) is 17.7 Å². The summed E-state index contributed by atoms with van der Waals surface area (Å²) in [6, 6.07) is 3.24. The van der Waals surface area contributed by atoms with Crippen LogP contribution in [0.4, 0.5) is 0 Å². The molecule has 1 fully saturated rings. The monoisotopic (exact) mass is 390 g/mol. The molecule has 1 aromatic carbocycles. The van der Waals surface area contributed by atoms with E-state index in [1.165, 1.54) is 20.3 Å². The van der Waals surface area contributed by atoms with Gasteiger partial charge in [0.2, 0.25) is 12.0 Å². The van der Waals surface area contributed by atoms with E-state index in [4.69, 9.17) is 24.1 Å².